The number of hydrogen-bond acceptors (Lipinski definition) is 3. The van der Waals surface area contributed by atoms with Crippen molar-refractivity contribution in [2.45, 2.75) is 126 Å². The Labute approximate surface area is 208 Å². The maximum absolute atomic E-state index is 12.9. The van der Waals surface area contributed by atoms with Crippen LogP contribution < -0.4 is 0 Å². The third-order valence-electron chi connectivity index (χ3n) is 13.6. The molecule has 5 rings (SSSR count). The van der Waals surface area contributed by atoms with Gasteiger partial charge in [-0.15, -0.1) is 0 Å². The lowest BCUT2D eigenvalue weighted by Gasteiger charge is -2.73. The summed E-state index contributed by atoms with van der Waals surface area (Å²) in [6, 6.07) is 0. The minimum atomic E-state index is -0.128. The van der Waals surface area contributed by atoms with Gasteiger partial charge in [-0.1, -0.05) is 48.5 Å². The molecule has 0 amide bonds. The molecule has 0 aromatic rings. The Morgan fingerprint density at radius 3 is 2.21 bits per heavy atom. The van der Waals surface area contributed by atoms with Crippen molar-refractivity contribution in [3.63, 3.8) is 0 Å². The second-order valence-electron chi connectivity index (χ2n) is 15.1. The van der Waals surface area contributed by atoms with Gasteiger partial charge in [0.1, 0.15) is 11.9 Å². The Hall–Kier alpha value is -0.860. The maximum Gasteiger partial charge on any atom is 0.302 e. The van der Waals surface area contributed by atoms with E-state index in [4.69, 9.17) is 4.74 Å². The molecule has 5 aliphatic carbocycles. The predicted molar refractivity (Wildman–Crippen MR) is 136 cm³/mol. The van der Waals surface area contributed by atoms with E-state index in [2.05, 4.69) is 48.5 Å². The van der Waals surface area contributed by atoms with E-state index in [1.165, 1.54) is 44.9 Å². The molecule has 5 saturated carbocycles. The van der Waals surface area contributed by atoms with Crippen LogP contribution in [0.25, 0.3) is 0 Å². The van der Waals surface area contributed by atoms with Gasteiger partial charge in [0.25, 0.3) is 0 Å². The topological polar surface area (TPSA) is 43.4 Å². The van der Waals surface area contributed by atoms with Gasteiger partial charge in [-0.05, 0) is 103 Å². The molecule has 34 heavy (non-hydrogen) atoms. The zero-order valence-electron chi connectivity index (χ0n) is 23.3. The summed E-state index contributed by atoms with van der Waals surface area (Å²) < 4.78 is 5.89. The second kappa shape index (κ2) is 7.58. The van der Waals surface area contributed by atoms with Gasteiger partial charge in [-0.25, -0.2) is 0 Å². The Morgan fingerprint density at radius 2 is 1.53 bits per heavy atom. The number of esters is 1. The number of fused-ring (bicyclic) bond motifs is 7. The van der Waals surface area contributed by atoms with Crippen LogP contribution in [0, 0.1) is 56.7 Å². The summed E-state index contributed by atoms with van der Waals surface area (Å²) in [5.74, 6) is 3.19. The number of ketones is 1. The van der Waals surface area contributed by atoms with Crippen LogP contribution in [-0.2, 0) is 14.3 Å². The molecule has 0 aromatic heterocycles. The van der Waals surface area contributed by atoms with E-state index in [1.807, 2.05) is 0 Å². The van der Waals surface area contributed by atoms with Gasteiger partial charge in [0.05, 0.1) is 0 Å². The van der Waals surface area contributed by atoms with Crippen LogP contribution in [0.4, 0.5) is 0 Å². The van der Waals surface area contributed by atoms with Crippen LogP contribution >= 0.6 is 0 Å². The first-order valence-corrected chi connectivity index (χ1v) is 14.4. The minimum Gasteiger partial charge on any atom is -0.462 e. The van der Waals surface area contributed by atoms with Crippen molar-refractivity contribution in [3.8, 4) is 0 Å². The van der Waals surface area contributed by atoms with Gasteiger partial charge in [0.15, 0.2) is 0 Å². The molecule has 3 nitrogen and oxygen atoms in total. The SMILES string of the molecule is CC(=O)O[C@H]1CC[C@]2(C)[C@H]3CC[C@@H]4[C@H]5[C@H](C)C(=O)CC[C@]5(C)CC[C@@]4(C)[C@]3(C)CC[C@H]2C1(C)C. The van der Waals surface area contributed by atoms with Gasteiger partial charge < -0.3 is 4.74 Å². The first-order chi connectivity index (χ1) is 15.7. The van der Waals surface area contributed by atoms with Crippen molar-refractivity contribution >= 4 is 11.8 Å². The van der Waals surface area contributed by atoms with E-state index in [-0.39, 0.29) is 23.4 Å². The Bertz CT molecular complexity index is 876. The van der Waals surface area contributed by atoms with E-state index in [0.29, 0.717) is 45.2 Å². The summed E-state index contributed by atoms with van der Waals surface area (Å²) in [6.07, 6.45) is 11.9. The van der Waals surface area contributed by atoms with E-state index in [0.717, 1.165) is 25.2 Å². The van der Waals surface area contributed by atoms with Crippen LogP contribution in [0.3, 0.4) is 0 Å². The number of carbonyl (C=O) groups excluding carboxylic acids is 2. The average Bonchev–Trinajstić information content (AvgIpc) is 2.74. The fourth-order valence-corrected chi connectivity index (χ4v) is 11.7. The van der Waals surface area contributed by atoms with Gasteiger partial charge >= 0.3 is 5.97 Å². The number of Topliss-reactive ketones (excluding diaryl/α,β-unsaturated/α-hetero) is 1. The summed E-state index contributed by atoms with van der Waals surface area (Å²) in [5, 5.41) is 0. The summed E-state index contributed by atoms with van der Waals surface area (Å²) in [4.78, 5) is 24.8. The van der Waals surface area contributed by atoms with Gasteiger partial charge in [-0.3, -0.25) is 9.59 Å². The molecule has 192 valence electrons. The summed E-state index contributed by atoms with van der Waals surface area (Å²) >= 11 is 0. The molecule has 0 N–H and O–H groups in total. The lowest BCUT2D eigenvalue weighted by Crippen LogP contribution is -2.67. The minimum absolute atomic E-state index is 0.0210. The molecule has 5 fully saturated rings. The van der Waals surface area contributed by atoms with Crippen LogP contribution in [0.1, 0.15) is 120 Å². The van der Waals surface area contributed by atoms with E-state index in [1.54, 1.807) is 6.92 Å². The molecule has 0 bridgehead atoms. The molecule has 0 aromatic carbocycles. The van der Waals surface area contributed by atoms with Crippen LogP contribution in [-0.4, -0.2) is 17.9 Å². The van der Waals surface area contributed by atoms with Gasteiger partial charge in [0, 0.05) is 24.7 Å². The molecule has 0 spiro atoms. The quantitative estimate of drug-likeness (QED) is 0.370. The molecular formula is C31H50O3. The molecule has 5 aliphatic rings. The Balaban J connectivity index is 1.50. The lowest BCUT2D eigenvalue weighted by atomic mass is 9.31. The van der Waals surface area contributed by atoms with Gasteiger partial charge in [0.2, 0.25) is 0 Å². The van der Waals surface area contributed by atoms with Crippen molar-refractivity contribution in [3.05, 3.63) is 0 Å². The largest absolute Gasteiger partial charge is 0.462 e. The first-order valence-electron chi connectivity index (χ1n) is 14.4. The van der Waals surface area contributed by atoms with Crippen molar-refractivity contribution in [1.29, 1.82) is 0 Å². The molecule has 0 heterocycles. The zero-order chi connectivity index (χ0) is 24.9. The van der Waals surface area contributed by atoms with Crippen LogP contribution in [0.15, 0.2) is 0 Å². The molecule has 0 aliphatic heterocycles. The van der Waals surface area contributed by atoms with Gasteiger partial charge in [-0.2, -0.15) is 0 Å². The third-order valence-corrected chi connectivity index (χ3v) is 13.6. The third kappa shape index (κ3) is 3.06. The Kier molecular flexibility index (Phi) is 5.53. The molecule has 0 radical (unpaired) electrons. The normalized spacial score (nSPS) is 54.2. The molecule has 0 unspecified atom stereocenters. The predicted octanol–water partition coefficient (Wildman–Crippen LogP) is 7.61. The van der Waals surface area contributed by atoms with Crippen molar-refractivity contribution in [2.75, 3.05) is 0 Å². The fourth-order valence-electron chi connectivity index (χ4n) is 11.7. The van der Waals surface area contributed by atoms with E-state index >= 15 is 0 Å². The average molecular weight is 471 g/mol. The van der Waals surface area contributed by atoms with Crippen LogP contribution in [0.5, 0.6) is 0 Å². The zero-order valence-corrected chi connectivity index (χ0v) is 23.3. The summed E-state index contributed by atoms with van der Waals surface area (Å²) in [5.41, 5.74) is 1.32. The summed E-state index contributed by atoms with van der Waals surface area (Å²) in [7, 11) is 0. The highest BCUT2D eigenvalue weighted by Crippen LogP contribution is 2.76. The number of rotatable bonds is 1. The molecule has 10 atom stereocenters. The Morgan fingerprint density at radius 1 is 0.824 bits per heavy atom. The van der Waals surface area contributed by atoms with Crippen molar-refractivity contribution in [1.82, 2.24) is 0 Å². The van der Waals surface area contributed by atoms with Crippen LogP contribution in [0.2, 0.25) is 0 Å². The highest BCUT2D eigenvalue weighted by atomic mass is 16.5. The smallest absolute Gasteiger partial charge is 0.302 e. The number of hydrogen-bond donors (Lipinski definition) is 0. The molecular weight excluding hydrogens is 420 g/mol. The lowest BCUT2D eigenvalue weighted by molar-refractivity contribution is -0.254. The first kappa shape index (κ1) is 24.8. The standard InChI is InChI=1S/C31H50O3/c1-19-22(33)11-14-28(5)17-18-30(7)21(26(19)28)9-10-24-29(6)15-13-25(34-20(2)32)27(3,4)23(29)12-16-31(24,30)8/h19,21,23-26H,9-18H2,1-8H3/t19-,21-,23+,24-,25+,26-,28-,29+,30-,31-/m1/s1. The summed E-state index contributed by atoms with van der Waals surface area (Å²) in [6.45, 7) is 19.0. The molecule has 3 heteroatoms. The van der Waals surface area contributed by atoms with Crippen molar-refractivity contribution < 1.29 is 14.3 Å². The maximum atomic E-state index is 12.9. The molecule has 0 saturated heterocycles. The van der Waals surface area contributed by atoms with E-state index < -0.39 is 0 Å². The van der Waals surface area contributed by atoms with E-state index in [9.17, 15) is 9.59 Å². The highest BCUT2D eigenvalue weighted by Gasteiger charge is 2.70. The van der Waals surface area contributed by atoms with Crippen molar-refractivity contribution in [2.24, 2.45) is 56.7 Å². The second-order valence-corrected chi connectivity index (χ2v) is 15.1. The number of carbonyl (C=O) groups is 2. The highest BCUT2D eigenvalue weighted by molar-refractivity contribution is 5.82. The monoisotopic (exact) mass is 470 g/mol. The fraction of sp³-hybridized carbons (Fsp3) is 0.935. The number of ether oxygens (including phenoxy) is 1.